The molecule has 38 heavy (non-hydrogen) atoms. The molecule has 1 unspecified atom stereocenters. The number of ether oxygens (including phenoxy) is 1. The molecule has 0 fully saturated rings. The Labute approximate surface area is 230 Å². The lowest BCUT2D eigenvalue weighted by atomic mass is 9.99. The van der Waals surface area contributed by atoms with E-state index >= 15 is 0 Å². The number of methoxy groups -OCH3 is 1. The number of hydrogen-bond acceptors (Lipinski definition) is 4. The zero-order valence-electron chi connectivity index (χ0n) is 22.2. The van der Waals surface area contributed by atoms with Gasteiger partial charge in [-0.25, -0.2) is 4.98 Å². The molecule has 0 saturated carbocycles. The van der Waals surface area contributed by atoms with E-state index in [0.29, 0.717) is 42.4 Å². The maximum atomic E-state index is 14.1. The molecule has 0 aliphatic heterocycles. The molecule has 1 atom stereocenters. The third kappa shape index (κ3) is 6.26. The van der Waals surface area contributed by atoms with Gasteiger partial charge in [0.2, 0.25) is 0 Å². The molecule has 0 aliphatic rings. The first-order chi connectivity index (χ1) is 18.4. The molecule has 0 aliphatic carbocycles. The van der Waals surface area contributed by atoms with Gasteiger partial charge in [0.15, 0.2) is 0 Å². The molecule has 0 saturated heterocycles. The molecular weight excluding hydrogens is 496 g/mol. The standard InChI is InChI=1S/C31H35ClN4O2/c1-22(2)29(36(18-10-17-33)31(37)26-15-7-8-16-28(26)38-3)30-34-27(24-13-9-14-25(32)19-24)21-35(30)20-23-11-5-4-6-12-23/h4-9,11-16,19,21-22,29H,10,17-18,20,33H2,1-3H3. The fourth-order valence-electron chi connectivity index (χ4n) is 4.76. The predicted molar refractivity (Wildman–Crippen MR) is 153 cm³/mol. The van der Waals surface area contributed by atoms with Gasteiger partial charge >= 0.3 is 0 Å². The highest BCUT2D eigenvalue weighted by Crippen LogP contribution is 2.34. The van der Waals surface area contributed by atoms with Crippen molar-refractivity contribution in [3.8, 4) is 17.0 Å². The third-order valence-electron chi connectivity index (χ3n) is 6.56. The second-order valence-electron chi connectivity index (χ2n) is 9.64. The minimum Gasteiger partial charge on any atom is -0.496 e. The first-order valence-corrected chi connectivity index (χ1v) is 13.3. The Hall–Kier alpha value is -3.61. The van der Waals surface area contributed by atoms with Crippen LogP contribution >= 0.6 is 11.6 Å². The van der Waals surface area contributed by atoms with Crippen LogP contribution in [0.25, 0.3) is 11.3 Å². The van der Waals surface area contributed by atoms with Crippen LogP contribution in [0.15, 0.2) is 85.1 Å². The number of nitrogens with zero attached hydrogens (tertiary/aromatic N) is 3. The molecule has 6 nitrogen and oxygen atoms in total. The van der Waals surface area contributed by atoms with Crippen molar-refractivity contribution in [3.05, 3.63) is 107 Å². The van der Waals surface area contributed by atoms with Gasteiger partial charge in [-0.15, -0.1) is 0 Å². The van der Waals surface area contributed by atoms with Crippen LogP contribution in [-0.2, 0) is 6.54 Å². The number of carbonyl (C=O) groups is 1. The molecule has 3 aromatic carbocycles. The predicted octanol–water partition coefficient (Wildman–Crippen LogP) is 6.45. The van der Waals surface area contributed by atoms with E-state index in [4.69, 9.17) is 27.1 Å². The Bertz CT molecular complexity index is 1350. The molecule has 0 radical (unpaired) electrons. The number of benzene rings is 3. The summed E-state index contributed by atoms with van der Waals surface area (Å²) in [5.74, 6) is 1.34. The van der Waals surface area contributed by atoms with Crippen molar-refractivity contribution in [2.75, 3.05) is 20.2 Å². The fourth-order valence-corrected chi connectivity index (χ4v) is 4.95. The van der Waals surface area contributed by atoms with Gasteiger partial charge in [0, 0.05) is 29.9 Å². The number of aromatic nitrogens is 2. The SMILES string of the molecule is COc1ccccc1C(=O)N(CCCN)C(c1nc(-c2cccc(Cl)c2)cn1Cc1ccccc1)C(C)C. The van der Waals surface area contributed by atoms with E-state index in [1.54, 1.807) is 7.11 Å². The van der Waals surface area contributed by atoms with Gasteiger partial charge in [-0.05, 0) is 48.7 Å². The summed E-state index contributed by atoms with van der Waals surface area (Å²) in [6, 6.07) is 25.0. The van der Waals surface area contributed by atoms with Crippen molar-refractivity contribution in [2.24, 2.45) is 11.7 Å². The lowest BCUT2D eigenvalue weighted by Gasteiger charge is -2.35. The van der Waals surface area contributed by atoms with Gasteiger partial charge < -0.3 is 19.9 Å². The Morgan fingerprint density at radius 3 is 2.47 bits per heavy atom. The Morgan fingerprint density at radius 2 is 1.79 bits per heavy atom. The van der Waals surface area contributed by atoms with E-state index in [2.05, 4.69) is 36.7 Å². The molecule has 198 valence electrons. The summed E-state index contributed by atoms with van der Waals surface area (Å²) in [5.41, 5.74) is 9.33. The summed E-state index contributed by atoms with van der Waals surface area (Å²) in [5, 5.41) is 0.651. The van der Waals surface area contributed by atoms with Gasteiger partial charge in [0.1, 0.15) is 11.6 Å². The number of nitrogens with two attached hydrogens (primary N) is 1. The van der Waals surface area contributed by atoms with Crippen molar-refractivity contribution < 1.29 is 9.53 Å². The van der Waals surface area contributed by atoms with Gasteiger partial charge in [-0.2, -0.15) is 0 Å². The first-order valence-electron chi connectivity index (χ1n) is 12.9. The molecule has 1 aromatic heterocycles. The Balaban J connectivity index is 1.85. The summed E-state index contributed by atoms with van der Waals surface area (Å²) < 4.78 is 7.69. The van der Waals surface area contributed by atoms with Crippen LogP contribution in [0.2, 0.25) is 5.02 Å². The van der Waals surface area contributed by atoms with Crippen LogP contribution in [0.4, 0.5) is 0 Å². The topological polar surface area (TPSA) is 73.4 Å². The van der Waals surface area contributed by atoms with E-state index in [0.717, 1.165) is 22.6 Å². The van der Waals surface area contributed by atoms with Crippen molar-refractivity contribution >= 4 is 17.5 Å². The minimum atomic E-state index is -0.296. The van der Waals surface area contributed by atoms with Crippen LogP contribution < -0.4 is 10.5 Å². The fraction of sp³-hybridized carbons (Fsp3) is 0.290. The first kappa shape index (κ1) is 27.4. The largest absolute Gasteiger partial charge is 0.496 e. The van der Waals surface area contributed by atoms with Crippen molar-refractivity contribution in [2.45, 2.75) is 32.9 Å². The molecule has 4 aromatic rings. The smallest absolute Gasteiger partial charge is 0.258 e. The second kappa shape index (κ2) is 12.8. The molecule has 4 rings (SSSR count). The van der Waals surface area contributed by atoms with Gasteiger partial charge in [0.25, 0.3) is 5.91 Å². The number of hydrogen-bond donors (Lipinski definition) is 1. The molecule has 1 amide bonds. The van der Waals surface area contributed by atoms with Gasteiger partial charge in [0.05, 0.1) is 24.4 Å². The van der Waals surface area contributed by atoms with Crippen LogP contribution in [0.5, 0.6) is 5.75 Å². The highest BCUT2D eigenvalue weighted by Gasteiger charge is 2.33. The number of carbonyl (C=O) groups excluding carboxylic acids is 1. The van der Waals surface area contributed by atoms with Crippen LogP contribution in [0.3, 0.4) is 0 Å². The number of amides is 1. The van der Waals surface area contributed by atoms with Crippen LogP contribution in [0, 0.1) is 5.92 Å². The van der Waals surface area contributed by atoms with Crippen molar-refractivity contribution in [3.63, 3.8) is 0 Å². The normalized spacial score (nSPS) is 11.9. The number of para-hydroxylation sites is 1. The zero-order valence-corrected chi connectivity index (χ0v) is 22.9. The van der Waals surface area contributed by atoms with E-state index in [-0.39, 0.29) is 17.9 Å². The maximum absolute atomic E-state index is 14.1. The van der Waals surface area contributed by atoms with E-state index in [9.17, 15) is 4.79 Å². The minimum absolute atomic E-state index is 0.0792. The van der Waals surface area contributed by atoms with E-state index in [1.807, 2.05) is 71.6 Å². The summed E-state index contributed by atoms with van der Waals surface area (Å²) in [6.07, 6.45) is 2.72. The zero-order chi connectivity index (χ0) is 27.1. The molecule has 7 heteroatoms. The Kier molecular flexibility index (Phi) is 9.21. The van der Waals surface area contributed by atoms with Crippen molar-refractivity contribution in [1.29, 1.82) is 0 Å². The number of imidazole rings is 1. The molecule has 1 heterocycles. The van der Waals surface area contributed by atoms with Crippen molar-refractivity contribution in [1.82, 2.24) is 14.5 Å². The monoisotopic (exact) mass is 530 g/mol. The highest BCUT2D eigenvalue weighted by molar-refractivity contribution is 6.30. The van der Waals surface area contributed by atoms with Crippen LogP contribution in [-0.4, -0.2) is 40.6 Å². The average Bonchev–Trinajstić information content (AvgIpc) is 3.33. The maximum Gasteiger partial charge on any atom is 0.258 e. The summed E-state index contributed by atoms with van der Waals surface area (Å²) >= 11 is 6.32. The average molecular weight is 531 g/mol. The molecule has 0 spiro atoms. The molecular formula is C31H35ClN4O2. The van der Waals surface area contributed by atoms with Gasteiger partial charge in [-0.3, -0.25) is 4.79 Å². The third-order valence-corrected chi connectivity index (χ3v) is 6.79. The van der Waals surface area contributed by atoms with Gasteiger partial charge in [-0.1, -0.05) is 80.0 Å². The van der Waals surface area contributed by atoms with E-state index < -0.39 is 0 Å². The van der Waals surface area contributed by atoms with E-state index in [1.165, 1.54) is 0 Å². The molecule has 2 N–H and O–H groups in total. The lowest BCUT2D eigenvalue weighted by molar-refractivity contribution is 0.0601. The lowest BCUT2D eigenvalue weighted by Crippen LogP contribution is -2.40. The second-order valence-corrected chi connectivity index (χ2v) is 10.1. The number of rotatable bonds is 11. The Morgan fingerprint density at radius 1 is 1.05 bits per heavy atom. The quantitative estimate of drug-likeness (QED) is 0.242. The summed E-state index contributed by atoms with van der Waals surface area (Å²) in [7, 11) is 1.58. The number of halogens is 1. The summed E-state index contributed by atoms with van der Waals surface area (Å²) in [4.78, 5) is 21.1. The molecule has 0 bridgehead atoms. The highest BCUT2D eigenvalue weighted by atomic mass is 35.5. The van der Waals surface area contributed by atoms with Crippen LogP contribution in [0.1, 0.15) is 48.1 Å². The summed E-state index contributed by atoms with van der Waals surface area (Å²) in [6.45, 7) is 5.85.